The van der Waals surface area contributed by atoms with Gasteiger partial charge in [-0.05, 0) is 30.7 Å². The molecule has 2 unspecified atom stereocenters. The normalized spacial score (nSPS) is 15.3. The Kier molecular flexibility index (Phi) is 6.16. The lowest BCUT2D eigenvalue weighted by Crippen LogP contribution is -2.35. The smallest absolute Gasteiger partial charge is 0.329 e. The summed E-state index contributed by atoms with van der Waals surface area (Å²) in [5.74, 6) is -0.551. The lowest BCUT2D eigenvalue weighted by Gasteiger charge is -2.31. The number of benzene rings is 1. The number of nitrogens with two attached hydrogens (primary N) is 1. The fraction of sp³-hybridized carbons (Fsp3) is 0.600. The molecule has 120 valence electrons. The van der Waals surface area contributed by atoms with Gasteiger partial charge in [-0.15, -0.1) is 0 Å². The Hall–Kier alpha value is -1.14. The minimum Gasteiger partial charge on any atom is -0.329 e. The van der Waals surface area contributed by atoms with Gasteiger partial charge in [0, 0.05) is 19.1 Å². The van der Waals surface area contributed by atoms with E-state index in [-0.39, 0.29) is 12.1 Å². The lowest BCUT2D eigenvalue weighted by molar-refractivity contribution is -0.138. The number of halogens is 4. The first kappa shape index (κ1) is 17.9. The Morgan fingerprint density at radius 2 is 1.90 bits per heavy atom. The van der Waals surface area contributed by atoms with E-state index < -0.39 is 23.6 Å². The van der Waals surface area contributed by atoms with Crippen LogP contribution in [0.4, 0.5) is 17.6 Å². The SMILES string of the molecule is CCC(C)CN(C)C(CN)c1ccc(F)cc1C(F)(F)F. The van der Waals surface area contributed by atoms with Crippen molar-refractivity contribution in [2.24, 2.45) is 11.7 Å². The van der Waals surface area contributed by atoms with Crippen LogP contribution >= 0.6 is 0 Å². The van der Waals surface area contributed by atoms with Crippen molar-refractivity contribution in [3.8, 4) is 0 Å². The molecule has 0 bridgehead atoms. The highest BCUT2D eigenvalue weighted by Gasteiger charge is 2.36. The zero-order valence-electron chi connectivity index (χ0n) is 12.5. The van der Waals surface area contributed by atoms with E-state index in [2.05, 4.69) is 0 Å². The third kappa shape index (κ3) is 4.68. The molecule has 1 aromatic rings. The summed E-state index contributed by atoms with van der Waals surface area (Å²) < 4.78 is 52.4. The predicted molar refractivity (Wildman–Crippen MR) is 75.3 cm³/mol. The van der Waals surface area contributed by atoms with Crippen LogP contribution in [-0.2, 0) is 6.18 Å². The van der Waals surface area contributed by atoms with Gasteiger partial charge in [-0.25, -0.2) is 4.39 Å². The van der Waals surface area contributed by atoms with Crippen molar-refractivity contribution >= 4 is 0 Å². The van der Waals surface area contributed by atoms with Gasteiger partial charge in [0.2, 0.25) is 0 Å². The molecule has 6 heteroatoms. The van der Waals surface area contributed by atoms with Gasteiger partial charge in [-0.3, -0.25) is 4.90 Å². The van der Waals surface area contributed by atoms with Crippen molar-refractivity contribution in [1.29, 1.82) is 0 Å². The maximum absolute atomic E-state index is 13.2. The molecule has 0 heterocycles. The Morgan fingerprint density at radius 3 is 2.38 bits per heavy atom. The van der Waals surface area contributed by atoms with Crippen LogP contribution in [0, 0.1) is 11.7 Å². The molecule has 0 saturated carbocycles. The first-order chi connectivity index (χ1) is 9.70. The molecule has 0 fully saturated rings. The minimum absolute atomic E-state index is 0.0252. The maximum Gasteiger partial charge on any atom is 0.416 e. The highest BCUT2D eigenvalue weighted by Crippen LogP contribution is 2.36. The monoisotopic (exact) mass is 306 g/mol. The number of hydrogen-bond donors (Lipinski definition) is 1. The molecule has 21 heavy (non-hydrogen) atoms. The Balaban J connectivity index is 3.16. The first-order valence-corrected chi connectivity index (χ1v) is 6.97. The maximum atomic E-state index is 13.2. The average Bonchev–Trinajstić information content (AvgIpc) is 2.39. The van der Waals surface area contributed by atoms with Crippen LogP contribution in [0.15, 0.2) is 18.2 Å². The minimum atomic E-state index is -4.60. The first-order valence-electron chi connectivity index (χ1n) is 6.97. The summed E-state index contributed by atoms with van der Waals surface area (Å²) >= 11 is 0. The van der Waals surface area contributed by atoms with Crippen LogP contribution in [0.3, 0.4) is 0 Å². The van der Waals surface area contributed by atoms with Crippen molar-refractivity contribution in [3.63, 3.8) is 0 Å². The van der Waals surface area contributed by atoms with E-state index in [1.807, 2.05) is 13.8 Å². The summed E-state index contributed by atoms with van der Waals surface area (Å²) in [5.41, 5.74) is 4.75. The molecule has 2 atom stereocenters. The molecule has 0 aliphatic rings. The van der Waals surface area contributed by atoms with Crippen molar-refractivity contribution < 1.29 is 17.6 Å². The third-order valence-electron chi connectivity index (χ3n) is 3.73. The van der Waals surface area contributed by atoms with E-state index in [4.69, 9.17) is 5.73 Å². The molecule has 0 amide bonds. The summed E-state index contributed by atoms with van der Waals surface area (Å²) in [4.78, 5) is 1.80. The van der Waals surface area contributed by atoms with E-state index in [1.54, 1.807) is 11.9 Å². The van der Waals surface area contributed by atoms with Crippen LogP contribution in [0.1, 0.15) is 37.4 Å². The largest absolute Gasteiger partial charge is 0.416 e. The van der Waals surface area contributed by atoms with E-state index in [9.17, 15) is 17.6 Å². The number of hydrogen-bond acceptors (Lipinski definition) is 2. The second-order valence-electron chi connectivity index (χ2n) is 5.43. The van der Waals surface area contributed by atoms with Gasteiger partial charge in [-0.2, -0.15) is 13.2 Å². The van der Waals surface area contributed by atoms with Gasteiger partial charge < -0.3 is 5.73 Å². The van der Waals surface area contributed by atoms with E-state index in [0.717, 1.165) is 12.5 Å². The van der Waals surface area contributed by atoms with Gasteiger partial charge in [0.1, 0.15) is 5.82 Å². The Labute approximate surface area is 122 Å². The quantitative estimate of drug-likeness (QED) is 0.810. The van der Waals surface area contributed by atoms with Gasteiger partial charge in [0.25, 0.3) is 0 Å². The van der Waals surface area contributed by atoms with Crippen LogP contribution < -0.4 is 5.73 Å². The average molecular weight is 306 g/mol. The number of likely N-dealkylation sites (N-methyl/N-ethyl adjacent to an activating group) is 1. The lowest BCUT2D eigenvalue weighted by atomic mass is 9.97. The van der Waals surface area contributed by atoms with E-state index in [0.29, 0.717) is 18.5 Å². The summed E-state index contributed by atoms with van der Waals surface area (Å²) in [7, 11) is 1.74. The number of alkyl halides is 3. The van der Waals surface area contributed by atoms with Crippen LogP contribution in [0.25, 0.3) is 0 Å². The zero-order chi connectivity index (χ0) is 16.2. The van der Waals surface area contributed by atoms with Crippen molar-refractivity contribution in [2.75, 3.05) is 20.1 Å². The summed E-state index contributed by atoms with van der Waals surface area (Å²) in [5, 5.41) is 0. The molecule has 1 aromatic carbocycles. The number of rotatable bonds is 6. The predicted octanol–water partition coefficient (Wildman–Crippen LogP) is 3.82. The fourth-order valence-electron chi connectivity index (χ4n) is 2.36. The molecule has 1 rings (SSSR count). The van der Waals surface area contributed by atoms with Crippen LogP contribution in [0.5, 0.6) is 0 Å². The fourth-order valence-corrected chi connectivity index (χ4v) is 2.36. The third-order valence-corrected chi connectivity index (χ3v) is 3.73. The van der Waals surface area contributed by atoms with Gasteiger partial charge in [-0.1, -0.05) is 26.3 Å². The standard InChI is InChI=1S/C15H22F4N2/c1-4-10(2)9-21(3)14(8-20)12-6-5-11(16)7-13(12)15(17,18)19/h5-7,10,14H,4,8-9,20H2,1-3H3. The summed E-state index contributed by atoms with van der Waals surface area (Å²) in [6.45, 7) is 4.73. The van der Waals surface area contributed by atoms with Gasteiger partial charge in [0.05, 0.1) is 5.56 Å². The molecule has 0 radical (unpaired) electrons. The molecule has 0 aliphatic heterocycles. The zero-order valence-corrected chi connectivity index (χ0v) is 12.5. The van der Waals surface area contributed by atoms with Crippen molar-refractivity contribution in [3.05, 3.63) is 35.1 Å². The van der Waals surface area contributed by atoms with E-state index in [1.165, 1.54) is 6.07 Å². The summed E-state index contributed by atoms with van der Waals surface area (Å²) in [6.07, 6.45) is -3.67. The molecule has 2 N–H and O–H groups in total. The molecular formula is C15H22F4N2. The van der Waals surface area contributed by atoms with Crippen molar-refractivity contribution in [1.82, 2.24) is 4.90 Å². The van der Waals surface area contributed by atoms with E-state index >= 15 is 0 Å². The van der Waals surface area contributed by atoms with Gasteiger partial charge >= 0.3 is 6.18 Å². The molecule has 0 spiro atoms. The molecular weight excluding hydrogens is 284 g/mol. The Morgan fingerprint density at radius 1 is 1.29 bits per heavy atom. The van der Waals surface area contributed by atoms with Crippen molar-refractivity contribution in [2.45, 2.75) is 32.5 Å². The molecule has 0 saturated heterocycles. The Bertz CT molecular complexity index is 459. The highest BCUT2D eigenvalue weighted by atomic mass is 19.4. The second kappa shape index (κ2) is 7.22. The topological polar surface area (TPSA) is 29.3 Å². The second-order valence-corrected chi connectivity index (χ2v) is 5.43. The van der Waals surface area contributed by atoms with Gasteiger partial charge in [0.15, 0.2) is 0 Å². The molecule has 0 aromatic heterocycles. The molecule has 2 nitrogen and oxygen atoms in total. The molecule has 0 aliphatic carbocycles. The van der Waals surface area contributed by atoms with Crippen LogP contribution in [0.2, 0.25) is 0 Å². The summed E-state index contributed by atoms with van der Waals surface area (Å²) in [6, 6.07) is 2.18. The number of nitrogens with zero attached hydrogens (tertiary/aromatic N) is 1. The highest BCUT2D eigenvalue weighted by molar-refractivity contribution is 5.33. The van der Waals surface area contributed by atoms with Crippen LogP contribution in [-0.4, -0.2) is 25.0 Å².